The van der Waals surface area contributed by atoms with E-state index in [1.54, 1.807) is 19.3 Å². The molecule has 2 aromatic heterocycles. The number of hydrogen-bond acceptors (Lipinski definition) is 4. The molecule has 26 heavy (non-hydrogen) atoms. The summed E-state index contributed by atoms with van der Waals surface area (Å²) in [6.07, 6.45) is -2.65. The first kappa shape index (κ1) is 16.6. The van der Waals surface area contributed by atoms with Gasteiger partial charge in [-0.2, -0.15) is 13.2 Å². The van der Waals surface area contributed by atoms with Crippen LogP contribution in [0.1, 0.15) is 5.56 Å². The van der Waals surface area contributed by atoms with Crippen LogP contribution in [0.3, 0.4) is 0 Å². The first-order valence-corrected chi connectivity index (χ1v) is 8.58. The molecule has 2 N–H and O–H groups in total. The van der Waals surface area contributed by atoms with Crippen LogP contribution in [0.2, 0.25) is 0 Å². The summed E-state index contributed by atoms with van der Waals surface area (Å²) < 4.78 is 39.1. The summed E-state index contributed by atoms with van der Waals surface area (Å²) in [5.41, 5.74) is 2.27. The summed E-state index contributed by atoms with van der Waals surface area (Å²) in [5, 5.41) is 13.4. The molecule has 0 saturated heterocycles. The van der Waals surface area contributed by atoms with Gasteiger partial charge in [-0.25, -0.2) is 0 Å². The van der Waals surface area contributed by atoms with Crippen LogP contribution in [0, 0.1) is 0 Å². The topological polar surface area (TPSA) is 53.6 Å². The van der Waals surface area contributed by atoms with E-state index in [1.165, 1.54) is 23.5 Å². The zero-order valence-electron chi connectivity index (χ0n) is 13.6. The third kappa shape index (κ3) is 2.92. The Kier molecular flexibility index (Phi) is 3.91. The maximum Gasteiger partial charge on any atom is 0.416 e. The minimum Gasteiger partial charge on any atom is -0.363 e. The van der Waals surface area contributed by atoms with Crippen LogP contribution in [-0.4, -0.2) is 22.2 Å². The van der Waals surface area contributed by atoms with E-state index in [0.29, 0.717) is 16.3 Å². The fourth-order valence-electron chi connectivity index (χ4n) is 2.80. The number of nitrogens with one attached hydrogen (secondary N) is 2. The fraction of sp³-hybridized carbons (Fsp3) is 0.111. The van der Waals surface area contributed by atoms with Gasteiger partial charge in [0.25, 0.3) is 0 Å². The van der Waals surface area contributed by atoms with Crippen molar-refractivity contribution in [2.24, 2.45) is 0 Å². The van der Waals surface area contributed by atoms with Crippen molar-refractivity contribution in [2.75, 3.05) is 12.4 Å². The highest BCUT2D eigenvalue weighted by molar-refractivity contribution is 7.18. The van der Waals surface area contributed by atoms with E-state index in [9.17, 15) is 13.2 Å². The summed E-state index contributed by atoms with van der Waals surface area (Å²) in [4.78, 5) is 3.11. The van der Waals surface area contributed by atoms with Crippen molar-refractivity contribution in [3.8, 4) is 21.7 Å². The van der Waals surface area contributed by atoms with Crippen LogP contribution in [0.25, 0.3) is 32.6 Å². The Morgan fingerprint density at radius 2 is 1.88 bits per heavy atom. The number of aromatic amines is 1. The number of aromatic nitrogens is 3. The molecule has 2 aromatic carbocycles. The van der Waals surface area contributed by atoms with Crippen molar-refractivity contribution in [3.63, 3.8) is 0 Å². The van der Waals surface area contributed by atoms with Gasteiger partial charge in [0.1, 0.15) is 5.01 Å². The van der Waals surface area contributed by atoms with E-state index in [1.807, 2.05) is 18.2 Å². The number of benzene rings is 2. The summed E-state index contributed by atoms with van der Waals surface area (Å²) in [6.45, 7) is 0. The molecule has 4 rings (SSSR count). The average Bonchev–Trinajstić information content (AvgIpc) is 3.27. The molecule has 0 saturated carbocycles. The molecule has 0 spiro atoms. The van der Waals surface area contributed by atoms with Crippen molar-refractivity contribution in [3.05, 3.63) is 54.2 Å². The lowest BCUT2D eigenvalue weighted by molar-refractivity contribution is -0.137. The number of halogens is 3. The van der Waals surface area contributed by atoms with Crippen LogP contribution in [0.15, 0.2) is 48.7 Å². The van der Waals surface area contributed by atoms with Crippen molar-refractivity contribution < 1.29 is 13.2 Å². The molecule has 0 radical (unpaired) electrons. The quantitative estimate of drug-likeness (QED) is 0.504. The number of nitrogens with zero attached hydrogens (tertiary/aromatic N) is 2. The predicted molar refractivity (Wildman–Crippen MR) is 97.2 cm³/mol. The second-order valence-corrected chi connectivity index (χ2v) is 6.68. The maximum atomic E-state index is 13.0. The Morgan fingerprint density at radius 1 is 1.04 bits per heavy atom. The average molecular weight is 374 g/mol. The predicted octanol–water partition coefficient (Wildman–Crippen LogP) is 5.41. The first-order valence-electron chi connectivity index (χ1n) is 7.76. The van der Waals surface area contributed by atoms with Gasteiger partial charge >= 0.3 is 6.18 Å². The molecule has 4 aromatic rings. The Labute approximate surface area is 150 Å². The van der Waals surface area contributed by atoms with Gasteiger partial charge in [0, 0.05) is 35.3 Å². The number of hydrogen-bond donors (Lipinski definition) is 2. The SMILES string of the molecule is CNc1nnc(-c2ccc3[nH]cc(-c4cccc(C(F)(F)F)c4)c3c2)s1. The molecule has 0 atom stereocenters. The standard InChI is InChI=1S/C18H13F3N4S/c1-22-17-25-24-16(26-17)11-5-6-15-13(8-11)14(9-23-15)10-3-2-4-12(7-10)18(19,20)21/h2-9,23H,1H3,(H,22,25). The Hall–Kier alpha value is -2.87. The first-order chi connectivity index (χ1) is 12.5. The zero-order chi connectivity index (χ0) is 18.3. The molecule has 4 nitrogen and oxygen atoms in total. The van der Waals surface area contributed by atoms with Gasteiger partial charge < -0.3 is 10.3 Å². The highest BCUT2D eigenvalue weighted by Gasteiger charge is 2.30. The van der Waals surface area contributed by atoms with E-state index in [2.05, 4.69) is 20.5 Å². The Balaban J connectivity index is 1.83. The normalized spacial score (nSPS) is 11.8. The number of H-pyrrole nitrogens is 1. The summed E-state index contributed by atoms with van der Waals surface area (Å²) >= 11 is 1.41. The van der Waals surface area contributed by atoms with Gasteiger partial charge in [0.05, 0.1) is 5.56 Å². The van der Waals surface area contributed by atoms with Crippen LogP contribution < -0.4 is 5.32 Å². The number of anilines is 1. The number of alkyl halides is 3. The molecule has 0 bridgehead atoms. The van der Waals surface area contributed by atoms with Gasteiger partial charge in [0.15, 0.2) is 0 Å². The second kappa shape index (κ2) is 6.14. The molecule has 0 unspecified atom stereocenters. The van der Waals surface area contributed by atoms with E-state index in [-0.39, 0.29) is 0 Å². The minimum absolute atomic E-state index is 0.511. The van der Waals surface area contributed by atoms with Crippen molar-refractivity contribution in [2.45, 2.75) is 6.18 Å². The minimum atomic E-state index is -4.37. The summed E-state index contributed by atoms with van der Waals surface area (Å²) in [5.74, 6) is 0. The number of fused-ring (bicyclic) bond motifs is 1. The van der Waals surface area contributed by atoms with E-state index in [0.717, 1.165) is 27.5 Å². The fourth-order valence-corrected chi connectivity index (χ4v) is 3.49. The summed E-state index contributed by atoms with van der Waals surface area (Å²) in [6, 6.07) is 11.1. The monoisotopic (exact) mass is 374 g/mol. The molecule has 2 heterocycles. The largest absolute Gasteiger partial charge is 0.416 e. The lowest BCUT2D eigenvalue weighted by atomic mass is 10.0. The van der Waals surface area contributed by atoms with Crippen LogP contribution in [0.5, 0.6) is 0 Å². The molecule has 0 aliphatic heterocycles. The Morgan fingerprint density at radius 3 is 2.62 bits per heavy atom. The second-order valence-electron chi connectivity index (χ2n) is 5.70. The molecule has 0 aliphatic carbocycles. The van der Waals surface area contributed by atoms with Crippen LogP contribution in [-0.2, 0) is 6.18 Å². The molecular weight excluding hydrogens is 361 g/mol. The van der Waals surface area contributed by atoms with Crippen molar-refractivity contribution >= 4 is 27.4 Å². The van der Waals surface area contributed by atoms with Crippen LogP contribution >= 0.6 is 11.3 Å². The molecule has 0 aliphatic rings. The smallest absolute Gasteiger partial charge is 0.363 e. The summed E-state index contributed by atoms with van der Waals surface area (Å²) in [7, 11) is 1.77. The number of rotatable bonds is 3. The molecule has 132 valence electrons. The third-order valence-corrected chi connectivity index (χ3v) is 5.06. The van der Waals surface area contributed by atoms with Crippen molar-refractivity contribution in [1.82, 2.24) is 15.2 Å². The van der Waals surface area contributed by atoms with Crippen LogP contribution in [0.4, 0.5) is 18.3 Å². The molecule has 0 fully saturated rings. The van der Waals surface area contributed by atoms with E-state index >= 15 is 0 Å². The molecule has 0 amide bonds. The van der Waals surface area contributed by atoms with Gasteiger partial charge in [0.2, 0.25) is 5.13 Å². The van der Waals surface area contributed by atoms with Gasteiger partial charge in [-0.3, -0.25) is 0 Å². The van der Waals surface area contributed by atoms with Gasteiger partial charge in [-0.15, -0.1) is 10.2 Å². The molecular formula is C18H13F3N4S. The lowest BCUT2D eigenvalue weighted by Crippen LogP contribution is -2.04. The van der Waals surface area contributed by atoms with E-state index in [4.69, 9.17) is 0 Å². The van der Waals surface area contributed by atoms with Crippen molar-refractivity contribution in [1.29, 1.82) is 0 Å². The van der Waals surface area contributed by atoms with Gasteiger partial charge in [-0.1, -0.05) is 23.5 Å². The third-order valence-electron chi connectivity index (χ3n) is 4.07. The zero-order valence-corrected chi connectivity index (χ0v) is 14.4. The van der Waals surface area contributed by atoms with E-state index < -0.39 is 11.7 Å². The lowest BCUT2D eigenvalue weighted by Gasteiger charge is -2.08. The highest BCUT2D eigenvalue weighted by Crippen LogP contribution is 2.36. The van der Waals surface area contributed by atoms with Gasteiger partial charge in [-0.05, 0) is 35.9 Å². The maximum absolute atomic E-state index is 13.0. The Bertz CT molecular complexity index is 1080. The molecule has 8 heteroatoms. The highest BCUT2D eigenvalue weighted by atomic mass is 32.1.